The van der Waals surface area contributed by atoms with Gasteiger partial charge in [-0.1, -0.05) is 0 Å². The van der Waals surface area contributed by atoms with Gasteiger partial charge in [-0.3, -0.25) is 9.59 Å². The van der Waals surface area contributed by atoms with Gasteiger partial charge in [0.15, 0.2) is 6.29 Å². The van der Waals surface area contributed by atoms with Gasteiger partial charge in [-0.25, -0.2) is 4.98 Å². The van der Waals surface area contributed by atoms with Gasteiger partial charge in [0, 0.05) is 18.9 Å². The second kappa shape index (κ2) is 6.42. The topological polar surface area (TPSA) is 59.1 Å². The monoisotopic (exact) mass is 478 g/mol. The average molecular weight is 478 g/mol. The van der Waals surface area contributed by atoms with E-state index >= 15 is 0 Å². The molecule has 2 rings (SSSR count). The van der Waals surface area contributed by atoms with E-state index in [0.717, 1.165) is 7.14 Å². The maximum atomic E-state index is 12.0. The van der Waals surface area contributed by atoms with Crippen LogP contribution >= 0.6 is 45.2 Å². The Balaban J connectivity index is 2.23. The van der Waals surface area contributed by atoms with E-state index in [4.69, 9.17) is 0 Å². The highest BCUT2D eigenvalue weighted by Gasteiger charge is 2.10. The molecular formula is C13H8I2N2O2. The molecule has 0 unspecified atom stereocenters. The molecule has 4 nitrogen and oxygen atoms in total. The lowest BCUT2D eigenvalue weighted by molar-refractivity contribution is 0.102. The summed E-state index contributed by atoms with van der Waals surface area (Å²) in [5.74, 6) is -0.00725. The van der Waals surface area contributed by atoms with Gasteiger partial charge in [-0.2, -0.15) is 0 Å². The van der Waals surface area contributed by atoms with Gasteiger partial charge >= 0.3 is 0 Å². The predicted molar refractivity (Wildman–Crippen MR) is 89.5 cm³/mol. The fraction of sp³-hybridized carbons (Fsp3) is 0. The summed E-state index contributed by atoms with van der Waals surface area (Å²) in [7, 11) is 0. The summed E-state index contributed by atoms with van der Waals surface area (Å²) in [5, 5.41) is 2.64. The number of aromatic nitrogens is 1. The van der Waals surface area contributed by atoms with Crippen molar-refractivity contribution in [3.63, 3.8) is 0 Å². The van der Waals surface area contributed by atoms with E-state index in [9.17, 15) is 9.59 Å². The molecular weight excluding hydrogens is 470 g/mol. The maximum Gasteiger partial charge on any atom is 0.256 e. The minimum absolute atomic E-state index is 0.277. The molecule has 1 aromatic carbocycles. The molecule has 6 heteroatoms. The number of amides is 1. The van der Waals surface area contributed by atoms with E-state index in [1.807, 2.05) is 12.1 Å². The third kappa shape index (κ3) is 3.72. The predicted octanol–water partition coefficient (Wildman–Crippen LogP) is 3.36. The lowest BCUT2D eigenvalue weighted by Gasteiger charge is -2.07. The third-order valence-corrected chi connectivity index (χ3v) is 3.66. The van der Waals surface area contributed by atoms with E-state index in [2.05, 4.69) is 55.5 Å². The molecule has 19 heavy (non-hydrogen) atoms. The first-order valence-corrected chi connectivity index (χ1v) is 7.43. The minimum Gasteiger partial charge on any atom is -0.306 e. The van der Waals surface area contributed by atoms with Crippen LogP contribution in [0, 0.1) is 7.14 Å². The molecule has 0 fully saturated rings. The summed E-state index contributed by atoms with van der Waals surface area (Å²) < 4.78 is 1.89. The van der Waals surface area contributed by atoms with Crippen LogP contribution in [-0.4, -0.2) is 17.2 Å². The first-order chi connectivity index (χ1) is 9.10. The Hall–Kier alpha value is -1.03. The van der Waals surface area contributed by atoms with Crippen LogP contribution < -0.4 is 5.32 Å². The Morgan fingerprint density at radius 2 is 1.84 bits per heavy atom. The molecule has 0 saturated carbocycles. The van der Waals surface area contributed by atoms with Crippen molar-refractivity contribution < 1.29 is 9.59 Å². The molecule has 0 spiro atoms. The number of rotatable bonds is 3. The first kappa shape index (κ1) is 14.4. The molecule has 0 aliphatic rings. The summed E-state index contributed by atoms with van der Waals surface area (Å²) in [6, 6.07) is 8.81. The largest absolute Gasteiger partial charge is 0.306 e. The molecule has 1 amide bonds. The average Bonchev–Trinajstić information content (AvgIpc) is 2.41. The van der Waals surface area contributed by atoms with E-state index in [1.54, 1.807) is 24.4 Å². The standard InChI is InChI=1S/C13H8I2N2O2/c14-10-3-1-8(2-4-10)13(19)17-12-9(7-18)5-11(15)6-16-12/h1-7H,(H,16,17,19). The van der Waals surface area contributed by atoms with E-state index in [-0.39, 0.29) is 11.7 Å². The zero-order valence-corrected chi connectivity index (χ0v) is 13.9. The molecule has 0 saturated heterocycles. The molecule has 0 aliphatic heterocycles. The number of hydrogen-bond acceptors (Lipinski definition) is 3. The fourth-order valence-electron chi connectivity index (χ4n) is 1.43. The zero-order chi connectivity index (χ0) is 13.8. The van der Waals surface area contributed by atoms with Crippen molar-refractivity contribution in [2.75, 3.05) is 5.32 Å². The lowest BCUT2D eigenvalue weighted by Crippen LogP contribution is -2.14. The summed E-state index contributed by atoms with van der Waals surface area (Å²) in [6.07, 6.45) is 2.27. The molecule has 96 valence electrons. The molecule has 0 radical (unpaired) electrons. The Labute approximate surface area is 137 Å². The Bertz CT molecular complexity index is 627. The second-order valence-corrected chi connectivity index (χ2v) is 6.16. The van der Waals surface area contributed by atoms with Gasteiger partial charge in [-0.15, -0.1) is 0 Å². The van der Waals surface area contributed by atoms with Crippen LogP contribution in [0.4, 0.5) is 5.82 Å². The first-order valence-electron chi connectivity index (χ1n) is 5.28. The van der Waals surface area contributed by atoms with Crippen LogP contribution in [0.1, 0.15) is 20.7 Å². The van der Waals surface area contributed by atoms with Crippen molar-refractivity contribution in [1.29, 1.82) is 0 Å². The van der Waals surface area contributed by atoms with Crippen molar-refractivity contribution in [3.05, 3.63) is 54.8 Å². The second-order valence-electron chi connectivity index (χ2n) is 3.67. The molecule has 1 N–H and O–H groups in total. The minimum atomic E-state index is -0.284. The number of pyridine rings is 1. The zero-order valence-electron chi connectivity index (χ0n) is 9.56. The van der Waals surface area contributed by atoms with Gasteiger partial charge < -0.3 is 5.32 Å². The number of aldehydes is 1. The van der Waals surface area contributed by atoms with Crippen molar-refractivity contribution in [3.8, 4) is 0 Å². The Kier molecular flexibility index (Phi) is 4.86. The maximum absolute atomic E-state index is 12.0. The number of nitrogens with zero attached hydrogens (tertiary/aromatic N) is 1. The molecule has 0 aliphatic carbocycles. The van der Waals surface area contributed by atoms with Crippen LogP contribution in [0.15, 0.2) is 36.5 Å². The summed E-state index contributed by atoms with van der Waals surface area (Å²) in [6.45, 7) is 0. The van der Waals surface area contributed by atoms with Gasteiger partial charge in [-0.05, 0) is 75.5 Å². The van der Waals surface area contributed by atoms with Crippen molar-refractivity contribution in [2.45, 2.75) is 0 Å². The van der Waals surface area contributed by atoms with Crippen LogP contribution in [-0.2, 0) is 0 Å². The molecule has 2 aromatic rings. The van der Waals surface area contributed by atoms with Crippen LogP contribution in [0.5, 0.6) is 0 Å². The van der Waals surface area contributed by atoms with Crippen molar-refractivity contribution >= 4 is 63.2 Å². The van der Waals surface area contributed by atoms with Gasteiger partial charge in [0.1, 0.15) is 5.82 Å². The van der Waals surface area contributed by atoms with Gasteiger partial charge in [0.2, 0.25) is 0 Å². The molecule has 0 bridgehead atoms. The number of halogens is 2. The van der Waals surface area contributed by atoms with Crippen molar-refractivity contribution in [2.24, 2.45) is 0 Å². The number of hydrogen-bond donors (Lipinski definition) is 1. The number of carbonyl (C=O) groups excluding carboxylic acids is 2. The van der Waals surface area contributed by atoms with E-state index in [0.29, 0.717) is 17.4 Å². The number of anilines is 1. The van der Waals surface area contributed by atoms with Gasteiger partial charge in [0.05, 0.1) is 5.56 Å². The highest BCUT2D eigenvalue weighted by Crippen LogP contribution is 2.15. The van der Waals surface area contributed by atoms with Gasteiger partial charge in [0.25, 0.3) is 5.91 Å². The SMILES string of the molecule is O=Cc1cc(I)cnc1NC(=O)c1ccc(I)cc1. The number of carbonyl (C=O) groups is 2. The van der Waals surface area contributed by atoms with Crippen LogP contribution in [0.3, 0.4) is 0 Å². The molecule has 1 aromatic heterocycles. The van der Waals surface area contributed by atoms with Crippen molar-refractivity contribution in [1.82, 2.24) is 4.98 Å². The third-order valence-electron chi connectivity index (χ3n) is 2.35. The summed E-state index contributed by atoms with van der Waals surface area (Å²) in [4.78, 5) is 27.0. The Morgan fingerprint density at radius 3 is 2.47 bits per heavy atom. The molecule has 1 heterocycles. The summed E-state index contributed by atoms with van der Waals surface area (Å²) >= 11 is 4.23. The normalized spacial score (nSPS) is 10.0. The van der Waals surface area contributed by atoms with E-state index < -0.39 is 0 Å². The Morgan fingerprint density at radius 1 is 1.16 bits per heavy atom. The summed E-state index contributed by atoms with van der Waals surface area (Å²) in [5.41, 5.74) is 0.892. The quantitative estimate of drug-likeness (QED) is 0.544. The van der Waals surface area contributed by atoms with E-state index in [1.165, 1.54) is 0 Å². The fourth-order valence-corrected chi connectivity index (χ4v) is 2.26. The van der Waals surface area contributed by atoms with Crippen LogP contribution in [0.2, 0.25) is 0 Å². The highest BCUT2D eigenvalue weighted by atomic mass is 127. The lowest BCUT2D eigenvalue weighted by atomic mass is 10.2. The highest BCUT2D eigenvalue weighted by molar-refractivity contribution is 14.1. The molecule has 0 atom stereocenters. The number of benzene rings is 1. The van der Waals surface area contributed by atoms with Crippen LogP contribution in [0.25, 0.3) is 0 Å². The smallest absolute Gasteiger partial charge is 0.256 e. The number of nitrogens with one attached hydrogen (secondary N) is 1.